The fourth-order valence-corrected chi connectivity index (χ4v) is 1.29. The van der Waals surface area contributed by atoms with Gasteiger partial charge in [0, 0.05) is 29.7 Å². The number of carboxylic acid groups (broad SMARTS) is 1. The Morgan fingerprint density at radius 3 is 2.81 bits per heavy atom. The van der Waals surface area contributed by atoms with E-state index in [1.807, 2.05) is 0 Å². The van der Waals surface area contributed by atoms with Gasteiger partial charge in [-0.15, -0.1) is 0 Å². The van der Waals surface area contributed by atoms with Crippen LogP contribution in [0, 0.1) is 5.95 Å². The molecule has 2 aromatic rings. The highest BCUT2D eigenvalue weighted by Crippen LogP contribution is 2.21. The number of hydrogen-bond acceptors (Lipinski definition) is 3. The van der Waals surface area contributed by atoms with E-state index in [-0.39, 0.29) is 11.1 Å². The summed E-state index contributed by atoms with van der Waals surface area (Å²) in [4.78, 5) is 18.0. The van der Waals surface area contributed by atoms with Crippen LogP contribution in [0.5, 0.6) is 0 Å². The SMILES string of the molecule is O=C(O)c1cnc(F)c(-c2cccnc2)c1. The van der Waals surface area contributed by atoms with Crippen molar-refractivity contribution >= 4 is 5.97 Å². The zero-order valence-electron chi connectivity index (χ0n) is 8.09. The second-order valence-corrected chi connectivity index (χ2v) is 3.11. The molecule has 0 saturated heterocycles. The van der Waals surface area contributed by atoms with Gasteiger partial charge in [0.2, 0.25) is 5.95 Å². The molecule has 0 unspecified atom stereocenters. The molecular formula is C11H7FN2O2. The summed E-state index contributed by atoms with van der Waals surface area (Å²) in [6.45, 7) is 0. The molecule has 0 atom stereocenters. The number of hydrogen-bond donors (Lipinski definition) is 1. The summed E-state index contributed by atoms with van der Waals surface area (Å²) in [6, 6.07) is 4.52. The van der Waals surface area contributed by atoms with E-state index in [4.69, 9.17) is 5.11 Å². The second kappa shape index (κ2) is 4.06. The van der Waals surface area contributed by atoms with Crippen molar-refractivity contribution in [2.45, 2.75) is 0 Å². The number of nitrogens with zero attached hydrogens (tertiary/aromatic N) is 2. The van der Waals surface area contributed by atoms with Crippen LogP contribution in [0.3, 0.4) is 0 Å². The summed E-state index contributed by atoms with van der Waals surface area (Å²) in [5.74, 6) is -1.85. The first kappa shape index (κ1) is 10.2. The van der Waals surface area contributed by atoms with Crippen molar-refractivity contribution in [2.75, 3.05) is 0 Å². The topological polar surface area (TPSA) is 63.1 Å². The summed E-state index contributed by atoms with van der Waals surface area (Å²) < 4.78 is 13.4. The zero-order valence-corrected chi connectivity index (χ0v) is 8.09. The van der Waals surface area contributed by atoms with Gasteiger partial charge in [-0.3, -0.25) is 4.98 Å². The fourth-order valence-electron chi connectivity index (χ4n) is 1.29. The van der Waals surface area contributed by atoms with Crippen molar-refractivity contribution in [3.05, 3.63) is 48.3 Å². The summed E-state index contributed by atoms with van der Waals surface area (Å²) in [6.07, 6.45) is 3.99. The predicted molar refractivity (Wildman–Crippen MR) is 54.4 cm³/mol. The van der Waals surface area contributed by atoms with E-state index in [1.54, 1.807) is 18.3 Å². The smallest absolute Gasteiger partial charge is 0.337 e. The van der Waals surface area contributed by atoms with E-state index < -0.39 is 11.9 Å². The number of carbonyl (C=O) groups is 1. The van der Waals surface area contributed by atoms with Gasteiger partial charge < -0.3 is 5.11 Å². The summed E-state index contributed by atoms with van der Waals surface area (Å²) >= 11 is 0. The lowest BCUT2D eigenvalue weighted by molar-refractivity contribution is 0.0696. The van der Waals surface area contributed by atoms with E-state index in [0.717, 1.165) is 6.20 Å². The molecule has 0 aliphatic carbocycles. The van der Waals surface area contributed by atoms with Crippen molar-refractivity contribution < 1.29 is 14.3 Å². The number of aromatic nitrogens is 2. The Morgan fingerprint density at radius 2 is 2.19 bits per heavy atom. The van der Waals surface area contributed by atoms with E-state index in [0.29, 0.717) is 5.56 Å². The number of aromatic carboxylic acids is 1. The molecule has 0 saturated carbocycles. The highest BCUT2D eigenvalue weighted by atomic mass is 19.1. The molecule has 2 heterocycles. The normalized spacial score (nSPS) is 10.1. The maximum absolute atomic E-state index is 13.4. The first-order valence-electron chi connectivity index (χ1n) is 4.47. The molecule has 0 radical (unpaired) electrons. The lowest BCUT2D eigenvalue weighted by atomic mass is 10.1. The molecule has 80 valence electrons. The molecule has 2 rings (SSSR count). The molecular weight excluding hydrogens is 211 g/mol. The molecule has 0 aromatic carbocycles. The minimum atomic E-state index is -1.14. The third-order valence-corrected chi connectivity index (χ3v) is 2.06. The lowest BCUT2D eigenvalue weighted by Crippen LogP contribution is -2.00. The first-order valence-corrected chi connectivity index (χ1v) is 4.47. The molecule has 2 aromatic heterocycles. The summed E-state index contributed by atoms with van der Waals surface area (Å²) in [7, 11) is 0. The Bertz CT molecular complexity index is 529. The van der Waals surface area contributed by atoms with Crippen LogP contribution in [-0.4, -0.2) is 21.0 Å². The van der Waals surface area contributed by atoms with Gasteiger partial charge in [0.1, 0.15) is 0 Å². The van der Waals surface area contributed by atoms with Crippen LogP contribution in [0.4, 0.5) is 4.39 Å². The minimum absolute atomic E-state index is 0.0553. The van der Waals surface area contributed by atoms with Crippen LogP contribution < -0.4 is 0 Å². The molecule has 4 nitrogen and oxygen atoms in total. The van der Waals surface area contributed by atoms with E-state index in [9.17, 15) is 9.18 Å². The van der Waals surface area contributed by atoms with Gasteiger partial charge in [-0.05, 0) is 12.1 Å². The highest BCUT2D eigenvalue weighted by Gasteiger charge is 2.11. The zero-order chi connectivity index (χ0) is 11.5. The van der Waals surface area contributed by atoms with Gasteiger partial charge in [0.05, 0.1) is 5.56 Å². The quantitative estimate of drug-likeness (QED) is 0.783. The van der Waals surface area contributed by atoms with Crippen molar-refractivity contribution in [1.82, 2.24) is 9.97 Å². The molecule has 1 N–H and O–H groups in total. The first-order chi connectivity index (χ1) is 7.68. The van der Waals surface area contributed by atoms with E-state index >= 15 is 0 Å². The van der Waals surface area contributed by atoms with Crippen LogP contribution in [0.2, 0.25) is 0 Å². The Hall–Kier alpha value is -2.30. The number of pyridine rings is 2. The second-order valence-electron chi connectivity index (χ2n) is 3.11. The van der Waals surface area contributed by atoms with Gasteiger partial charge in [-0.2, -0.15) is 4.39 Å². The van der Waals surface area contributed by atoms with Crippen LogP contribution in [0.25, 0.3) is 11.1 Å². The van der Waals surface area contributed by atoms with Crippen LogP contribution in [0.1, 0.15) is 10.4 Å². The Labute approximate surface area is 90.4 Å². The van der Waals surface area contributed by atoms with E-state index in [2.05, 4.69) is 9.97 Å². The number of halogens is 1. The van der Waals surface area contributed by atoms with Gasteiger partial charge in [-0.1, -0.05) is 6.07 Å². The van der Waals surface area contributed by atoms with Crippen LogP contribution >= 0.6 is 0 Å². The van der Waals surface area contributed by atoms with Crippen molar-refractivity contribution in [1.29, 1.82) is 0 Å². The molecule has 5 heteroatoms. The van der Waals surface area contributed by atoms with Gasteiger partial charge in [-0.25, -0.2) is 9.78 Å². The lowest BCUT2D eigenvalue weighted by Gasteiger charge is -2.02. The Balaban J connectivity index is 2.56. The molecule has 0 fully saturated rings. The Kier molecular flexibility index (Phi) is 2.59. The summed E-state index contributed by atoms with van der Waals surface area (Å²) in [5, 5.41) is 8.77. The predicted octanol–water partition coefficient (Wildman–Crippen LogP) is 1.98. The Morgan fingerprint density at radius 1 is 1.38 bits per heavy atom. The molecule has 0 amide bonds. The number of rotatable bonds is 2. The molecule has 0 aliphatic heterocycles. The molecule has 0 bridgehead atoms. The maximum atomic E-state index is 13.4. The van der Waals surface area contributed by atoms with Crippen LogP contribution in [-0.2, 0) is 0 Å². The highest BCUT2D eigenvalue weighted by molar-refractivity contribution is 5.88. The van der Waals surface area contributed by atoms with E-state index in [1.165, 1.54) is 12.3 Å². The molecule has 16 heavy (non-hydrogen) atoms. The minimum Gasteiger partial charge on any atom is -0.478 e. The monoisotopic (exact) mass is 218 g/mol. The third-order valence-electron chi connectivity index (χ3n) is 2.06. The summed E-state index contributed by atoms with van der Waals surface area (Å²) in [5.41, 5.74) is 0.573. The largest absolute Gasteiger partial charge is 0.478 e. The molecule has 0 spiro atoms. The van der Waals surface area contributed by atoms with Gasteiger partial charge in [0.15, 0.2) is 0 Å². The number of carboxylic acids is 1. The molecule has 0 aliphatic rings. The van der Waals surface area contributed by atoms with Crippen LogP contribution in [0.15, 0.2) is 36.8 Å². The van der Waals surface area contributed by atoms with Crippen molar-refractivity contribution in [2.24, 2.45) is 0 Å². The standard InChI is InChI=1S/C11H7FN2O2/c12-10-9(7-2-1-3-13-5-7)4-8(6-14-10)11(15)16/h1-6H,(H,15,16). The van der Waals surface area contributed by atoms with Gasteiger partial charge in [0.25, 0.3) is 0 Å². The van der Waals surface area contributed by atoms with Crippen molar-refractivity contribution in [3.63, 3.8) is 0 Å². The third kappa shape index (κ3) is 1.88. The van der Waals surface area contributed by atoms with Crippen molar-refractivity contribution in [3.8, 4) is 11.1 Å². The average Bonchev–Trinajstić information content (AvgIpc) is 2.30. The fraction of sp³-hybridized carbons (Fsp3) is 0. The maximum Gasteiger partial charge on any atom is 0.337 e. The average molecular weight is 218 g/mol. The van der Waals surface area contributed by atoms with Gasteiger partial charge >= 0.3 is 5.97 Å².